The molecule has 15 heavy (non-hydrogen) atoms. The van der Waals surface area contributed by atoms with Crippen molar-refractivity contribution in [2.24, 2.45) is 11.7 Å². The van der Waals surface area contributed by atoms with Crippen LogP contribution in [0.15, 0.2) is 22.7 Å². The van der Waals surface area contributed by atoms with E-state index < -0.39 is 0 Å². The van der Waals surface area contributed by atoms with Crippen LogP contribution in [0.1, 0.15) is 37.3 Å². The van der Waals surface area contributed by atoms with Crippen LogP contribution in [0.2, 0.25) is 0 Å². The molecule has 0 bridgehead atoms. The van der Waals surface area contributed by atoms with Crippen molar-refractivity contribution in [2.45, 2.75) is 31.7 Å². The quantitative estimate of drug-likeness (QED) is 0.871. The molecule has 1 aromatic carbocycles. The van der Waals surface area contributed by atoms with Gasteiger partial charge in [0.15, 0.2) is 0 Å². The minimum absolute atomic E-state index is 0.148. The van der Waals surface area contributed by atoms with Gasteiger partial charge in [0.2, 0.25) is 0 Å². The zero-order valence-corrected chi connectivity index (χ0v) is 10.1. The summed E-state index contributed by atoms with van der Waals surface area (Å²) in [5.74, 6) is 0.270. The second-order valence-corrected chi connectivity index (χ2v) is 5.15. The van der Waals surface area contributed by atoms with E-state index in [1.165, 1.54) is 18.9 Å². The van der Waals surface area contributed by atoms with Gasteiger partial charge in [0.1, 0.15) is 5.82 Å². The van der Waals surface area contributed by atoms with Crippen molar-refractivity contribution >= 4 is 15.9 Å². The molecule has 2 N–H and O–H groups in total. The maximum absolute atomic E-state index is 13.6. The maximum atomic E-state index is 13.6. The molecular formula is C12H15BrFN. The normalized spacial score (nSPS) is 19.4. The highest BCUT2D eigenvalue weighted by atomic mass is 79.9. The average Bonchev–Trinajstić information content (AvgIpc) is 2.74. The summed E-state index contributed by atoms with van der Waals surface area (Å²) in [6, 6.07) is 4.84. The summed E-state index contributed by atoms with van der Waals surface area (Å²) < 4.78 is 14.5. The minimum Gasteiger partial charge on any atom is -0.324 e. The zero-order valence-electron chi connectivity index (χ0n) is 8.55. The molecule has 1 fully saturated rings. The van der Waals surface area contributed by atoms with E-state index in [-0.39, 0.29) is 11.9 Å². The Morgan fingerprint density at radius 1 is 1.33 bits per heavy atom. The van der Waals surface area contributed by atoms with Gasteiger partial charge in [-0.05, 0) is 37.0 Å². The maximum Gasteiger partial charge on any atom is 0.128 e. The Bertz CT molecular complexity index is 347. The molecule has 0 spiro atoms. The fraction of sp³-hybridized carbons (Fsp3) is 0.500. The highest BCUT2D eigenvalue weighted by Gasteiger charge is 2.25. The van der Waals surface area contributed by atoms with E-state index in [0.717, 1.165) is 17.3 Å². The summed E-state index contributed by atoms with van der Waals surface area (Å²) in [5, 5.41) is 0. The van der Waals surface area contributed by atoms with Gasteiger partial charge in [-0.15, -0.1) is 0 Å². The summed E-state index contributed by atoms with van der Waals surface area (Å²) in [6.07, 6.45) is 4.72. The van der Waals surface area contributed by atoms with Crippen molar-refractivity contribution in [2.75, 3.05) is 0 Å². The Labute approximate surface area is 98.0 Å². The number of hydrogen-bond donors (Lipinski definition) is 1. The Morgan fingerprint density at radius 2 is 2.00 bits per heavy atom. The summed E-state index contributed by atoms with van der Waals surface area (Å²) in [6.45, 7) is 0. The van der Waals surface area contributed by atoms with E-state index in [9.17, 15) is 4.39 Å². The second kappa shape index (κ2) is 4.62. The van der Waals surface area contributed by atoms with Gasteiger partial charge in [-0.1, -0.05) is 28.8 Å². The van der Waals surface area contributed by atoms with Crippen LogP contribution < -0.4 is 5.73 Å². The number of benzene rings is 1. The molecule has 1 atom stereocenters. The van der Waals surface area contributed by atoms with Crippen LogP contribution in [0.5, 0.6) is 0 Å². The first kappa shape index (κ1) is 11.1. The molecule has 82 valence electrons. The van der Waals surface area contributed by atoms with Crippen LogP contribution in [0, 0.1) is 11.7 Å². The molecule has 1 aromatic rings. The minimum atomic E-state index is -0.183. The van der Waals surface area contributed by atoms with Crippen molar-refractivity contribution in [3.63, 3.8) is 0 Å². The number of rotatable bonds is 2. The summed E-state index contributed by atoms with van der Waals surface area (Å²) in [5.41, 5.74) is 6.76. The first-order valence-electron chi connectivity index (χ1n) is 5.39. The predicted octanol–water partition coefficient (Wildman–Crippen LogP) is 3.78. The molecule has 1 nitrogen and oxygen atoms in total. The lowest BCUT2D eigenvalue weighted by Crippen LogP contribution is -2.20. The number of nitrogens with two attached hydrogens (primary N) is 1. The second-order valence-electron chi connectivity index (χ2n) is 4.24. The third-order valence-electron chi connectivity index (χ3n) is 3.22. The summed E-state index contributed by atoms with van der Waals surface area (Å²) in [7, 11) is 0. The lowest BCUT2D eigenvalue weighted by atomic mass is 9.92. The van der Waals surface area contributed by atoms with Gasteiger partial charge >= 0.3 is 0 Å². The molecule has 0 saturated heterocycles. The topological polar surface area (TPSA) is 26.0 Å². The van der Waals surface area contributed by atoms with Gasteiger partial charge in [0.05, 0.1) is 0 Å². The molecule has 0 aliphatic heterocycles. The van der Waals surface area contributed by atoms with Crippen molar-refractivity contribution in [3.05, 3.63) is 34.1 Å². The molecule has 3 heteroatoms. The van der Waals surface area contributed by atoms with Gasteiger partial charge in [0.25, 0.3) is 0 Å². The van der Waals surface area contributed by atoms with Gasteiger partial charge in [0, 0.05) is 16.1 Å². The molecule has 0 unspecified atom stereocenters. The molecule has 0 radical (unpaired) electrons. The Morgan fingerprint density at radius 3 is 2.67 bits per heavy atom. The average molecular weight is 272 g/mol. The molecule has 1 aliphatic carbocycles. The van der Waals surface area contributed by atoms with Crippen LogP contribution in [-0.2, 0) is 0 Å². The summed E-state index contributed by atoms with van der Waals surface area (Å²) in [4.78, 5) is 0. The molecular weight excluding hydrogens is 257 g/mol. The fourth-order valence-electron chi connectivity index (χ4n) is 2.34. The molecule has 2 rings (SSSR count). The van der Waals surface area contributed by atoms with E-state index in [1.54, 1.807) is 12.1 Å². The van der Waals surface area contributed by atoms with Crippen LogP contribution in [-0.4, -0.2) is 0 Å². The van der Waals surface area contributed by atoms with Crippen LogP contribution >= 0.6 is 15.9 Å². The first-order valence-corrected chi connectivity index (χ1v) is 6.18. The van der Waals surface area contributed by atoms with E-state index in [0.29, 0.717) is 11.5 Å². The van der Waals surface area contributed by atoms with Crippen molar-refractivity contribution < 1.29 is 4.39 Å². The van der Waals surface area contributed by atoms with Gasteiger partial charge in [-0.25, -0.2) is 4.39 Å². The van der Waals surface area contributed by atoms with Crippen LogP contribution in [0.3, 0.4) is 0 Å². The lowest BCUT2D eigenvalue weighted by Gasteiger charge is -2.19. The van der Waals surface area contributed by atoms with E-state index in [2.05, 4.69) is 15.9 Å². The zero-order chi connectivity index (χ0) is 10.8. The Kier molecular flexibility index (Phi) is 3.42. The van der Waals surface area contributed by atoms with E-state index in [1.807, 2.05) is 0 Å². The first-order chi connectivity index (χ1) is 7.18. The smallest absolute Gasteiger partial charge is 0.128 e. The number of halogens is 2. The van der Waals surface area contributed by atoms with Gasteiger partial charge in [-0.2, -0.15) is 0 Å². The third-order valence-corrected chi connectivity index (χ3v) is 3.72. The molecule has 1 saturated carbocycles. The Hall–Kier alpha value is -0.410. The SMILES string of the molecule is N[C@@H](c1cc(Br)ccc1F)C1CCCC1. The third kappa shape index (κ3) is 2.40. The van der Waals surface area contributed by atoms with Crippen LogP contribution in [0.25, 0.3) is 0 Å². The van der Waals surface area contributed by atoms with Gasteiger partial charge in [-0.3, -0.25) is 0 Å². The monoisotopic (exact) mass is 271 g/mol. The molecule has 0 heterocycles. The van der Waals surface area contributed by atoms with Crippen molar-refractivity contribution in [1.29, 1.82) is 0 Å². The van der Waals surface area contributed by atoms with Crippen molar-refractivity contribution in [1.82, 2.24) is 0 Å². The van der Waals surface area contributed by atoms with Gasteiger partial charge < -0.3 is 5.73 Å². The largest absolute Gasteiger partial charge is 0.324 e. The lowest BCUT2D eigenvalue weighted by molar-refractivity contribution is 0.429. The standard InChI is InChI=1S/C12H15BrFN/c13-9-5-6-11(14)10(7-9)12(15)8-3-1-2-4-8/h5-8,12H,1-4,15H2/t12-/m1/s1. The van der Waals surface area contributed by atoms with E-state index >= 15 is 0 Å². The van der Waals surface area contributed by atoms with Crippen molar-refractivity contribution in [3.8, 4) is 0 Å². The highest BCUT2D eigenvalue weighted by Crippen LogP contribution is 2.35. The van der Waals surface area contributed by atoms with Crippen LogP contribution in [0.4, 0.5) is 4.39 Å². The number of hydrogen-bond acceptors (Lipinski definition) is 1. The highest BCUT2D eigenvalue weighted by molar-refractivity contribution is 9.10. The summed E-state index contributed by atoms with van der Waals surface area (Å²) >= 11 is 3.35. The Balaban J connectivity index is 2.23. The predicted molar refractivity (Wildman–Crippen MR) is 63.0 cm³/mol. The molecule has 0 aromatic heterocycles. The molecule has 0 amide bonds. The van der Waals surface area contributed by atoms with E-state index in [4.69, 9.17) is 5.73 Å². The fourth-order valence-corrected chi connectivity index (χ4v) is 2.72. The molecule has 1 aliphatic rings.